The van der Waals surface area contributed by atoms with Gasteiger partial charge in [0.15, 0.2) is 5.92 Å². The fraction of sp³-hybridized carbons (Fsp3) is 0.526. The second-order valence-corrected chi connectivity index (χ2v) is 6.20. The Hall–Kier alpha value is -2.75. The highest BCUT2D eigenvalue weighted by Crippen LogP contribution is 2.43. The predicted octanol–water partition coefficient (Wildman–Crippen LogP) is 2.80. The molecular formula is C19H24N2O5. The topological polar surface area (TPSA) is 99.9 Å². The molecule has 1 atom stereocenters. The number of hydrogen-bond acceptors (Lipinski definition) is 5. The van der Waals surface area contributed by atoms with Gasteiger partial charge in [-0.15, -0.1) is 0 Å². The fourth-order valence-electron chi connectivity index (χ4n) is 3.53. The molecule has 0 bridgehead atoms. The molecule has 1 amide bonds. The number of hydrogen-bond donors (Lipinski definition) is 1. The lowest BCUT2D eigenvalue weighted by Gasteiger charge is -2.43. The van der Waals surface area contributed by atoms with Gasteiger partial charge in [0.1, 0.15) is 5.75 Å². The van der Waals surface area contributed by atoms with Crippen LogP contribution in [-0.4, -0.2) is 48.4 Å². The van der Waals surface area contributed by atoms with Gasteiger partial charge in [0, 0.05) is 18.5 Å². The Morgan fingerprint density at radius 2 is 2.00 bits per heavy atom. The number of carbonyl (C=O) groups is 2. The van der Waals surface area contributed by atoms with Crippen LogP contribution in [0.15, 0.2) is 24.3 Å². The SMILES string of the molecule is CCOC(=O)C(C#N)C1(c2cccc(OCC)c2)CCN(C(=O)O)CC1. The Labute approximate surface area is 153 Å². The number of carboxylic acid groups (broad SMARTS) is 1. The first-order chi connectivity index (χ1) is 12.5. The summed E-state index contributed by atoms with van der Waals surface area (Å²) in [7, 11) is 0. The van der Waals surface area contributed by atoms with Gasteiger partial charge < -0.3 is 19.5 Å². The van der Waals surface area contributed by atoms with Crippen molar-refractivity contribution in [3.8, 4) is 11.8 Å². The third-order valence-electron chi connectivity index (χ3n) is 4.85. The van der Waals surface area contributed by atoms with Gasteiger partial charge in [-0.25, -0.2) is 4.79 Å². The number of piperidine rings is 1. The van der Waals surface area contributed by atoms with Crippen LogP contribution in [0.3, 0.4) is 0 Å². The van der Waals surface area contributed by atoms with E-state index >= 15 is 0 Å². The van der Waals surface area contributed by atoms with Crippen molar-refractivity contribution < 1.29 is 24.2 Å². The van der Waals surface area contributed by atoms with Gasteiger partial charge >= 0.3 is 12.1 Å². The Balaban J connectivity index is 2.45. The summed E-state index contributed by atoms with van der Waals surface area (Å²) in [6.45, 7) is 4.78. The van der Waals surface area contributed by atoms with Gasteiger partial charge in [0.05, 0.1) is 19.3 Å². The Kier molecular flexibility index (Phi) is 6.45. The summed E-state index contributed by atoms with van der Waals surface area (Å²) in [4.78, 5) is 25.0. The van der Waals surface area contributed by atoms with Crippen molar-refractivity contribution in [3.05, 3.63) is 29.8 Å². The molecule has 1 saturated heterocycles. The molecule has 0 spiro atoms. The second kappa shape index (κ2) is 8.56. The summed E-state index contributed by atoms with van der Waals surface area (Å²) in [5.74, 6) is -0.915. The summed E-state index contributed by atoms with van der Waals surface area (Å²) in [6, 6.07) is 9.45. The number of nitriles is 1. The molecule has 140 valence electrons. The van der Waals surface area contributed by atoms with E-state index < -0.39 is 23.4 Å². The normalized spacial score (nSPS) is 17.0. The van der Waals surface area contributed by atoms with Crippen LogP contribution in [0.25, 0.3) is 0 Å². The van der Waals surface area contributed by atoms with Gasteiger partial charge in [0.2, 0.25) is 0 Å². The van der Waals surface area contributed by atoms with Crippen LogP contribution >= 0.6 is 0 Å². The Bertz CT molecular complexity index is 689. The summed E-state index contributed by atoms with van der Waals surface area (Å²) in [6.07, 6.45) is -0.260. The number of ether oxygens (including phenoxy) is 2. The molecule has 1 fully saturated rings. The minimum absolute atomic E-state index is 0.188. The molecule has 1 heterocycles. The minimum Gasteiger partial charge on any atom is -0.494 e. The van der Waals surface area contributed by atoms with E-state index in [1.165, 1.54) is 4.90 Å². The number of likely N-dealkylation sites (tertiary alicyclic amines) is 1. The quantitative estimate of drug-likeness (QED) is 0.783. The average molecular weight is 360 g/mol. The van der Waals surface area contributed by atoms with Crippen LogP contribution in [0.5, 0.6) is 5.75 Å². The average Bonchev–Trinajstić information content (AvgIpc) is 2.63. The first-order valence-corrected chi connectivity index (χ1v) is 8.76. The first-order valence-electron chi connectivity index (χ1n) is 8.76. The van der Waals surface area contributed by atoms with Crippen molar-refractivity contribution in [3.63, 3.8) is 0 Å². The second-order valence-electron chi connectivity index (χ2n) is 6.20. The largest absolute Gasteiger partial charge is 0.494 e. The lowest BCUT2D eigenvalue weighted by atomic mass is 9.64. The van der Waals surface area contributed by atoms with Crippen LogP contribution in [0, 0.1) is 17.2 Å². The fourth-order valence-corrected chi connectivity index (χ4v) is 3.53. The smallest absolute Gasteiger partial charge is 0.407 e. The van der Waals surface area contributed by atoms with E-state index in [0.29, 0.717) is 25.2 Å². The molecular weight excluding hydrogens is 336 g/mol. The first kappa shape index (κ1) is 19.6. The van der Waals surface area contributed by atoms with E-state index in [-0.39, 0.29) is 19.7 Å². The highest BCUT2D eigenvalue weighted by molar-refractivity contribution is 5.78. The molecule has 2 rings (SSSR count). The third-order valence-corrected chi connectivity index (χ3v) is 4.85. The van der Waals surface area contributed by atoms with E-state index in [2.05, 4.69) is 6.07 Å². The number of carbonyl (C=O) groups excluding carboxylic acids is 1. The Morgan fingerprint density at radius 1 is 1.31 bits per heavy atom. The van der Waals surface area contributed by atoms with E-state index in [0.717, 1.165) is 5.56 Å². The molecule has 1 aromatic carbocycles. The van der Waals surface area contributed by atoms with Crippen molar-refractivity contribution >= 4 is 12.1 Å². The van der Waals surface area contributed by atoms with Crippen molar-refractivity contribution in [1.82, 2.24) is 4.90 Å². The number of esters is 1. The van der Waals surface area contributed by atoms with Gasteiger partial charge in [-0.05, 0) is 44.4 Å². The molecule has 0 aromatic heterocycles. The van der Waals surface area contributed by atoms with Gasteiger partial charge in [-0.3, -0.25) is 4.79 Å². The molecule has 0 saturated carbocycles. The third kappa shape index (κ3) is 3.90. The van der Waals surface area contributed by atoms with E-state index in [1.54, 1.807) is 6.92 Å². The Morgan fingerprint density at radius 3 is 2.54 bits per heavy atom. The van der Waals surface area contributed by atoms with Crippen LogP contribution in [0.4, 0.5) is 4.79 Å². The van der Waals surface area contributed by atoms with Crippen LogP contribution < -0.4 is 4.74 Å². The summed E-state index contributed by atoms with van der Waals surface area (Å²) >= 11 is 0. The van der Waals surface area contributed by atoms with E-state index in [4.69, 9.17) is 9.47 Å². The highest BCUT2D eigenvalue weighted by atomic mass is 16.5. The van der Waals surface area contributed by atoms with E-state index in [9.17, 15) is 20.0 Å². The number of nitrogens with zero attached hydrogens (tertiary/aromatic N) is 2. The maximum atomic E-state index is 12.5. The molecule has 1 aromatic rings. The maximum absolute atomic E-state index is 12.5. The van der Waals surface area contributed by atoms with Crippen LogP contribution in [-0.2, 0) is 14.9 Å². The molecule has 7 heteroatoms. The summed E-state index contributed by atoms with van der Waals surface area (Å²) < 4.78 is 10.7. The predicted molar refractivity (Wildman–Crippen MR) is 93.9 cm³/mol. The molecule has 1 unspecified atom stereocenters. The zero-order valence-corrected chi connectivity index (χ0v) is 15.1. The van der Waals surface area contributed by atoms with Gasteiger partial charge in [0.25, 0.3) is 0 Å². The van der Waals surface area contributed by atoms with Gasteiger partial charge in [-0.2, -0.15) is 5.26 Å². The molecule has 1 N–H and O–H groups in total. The molecule has 0 aliphatic carbocycles. The molecule has 1 aliphatic rings. The minimum atomic E-state index is -1.00. The number of benzene rings is 1. The number of amides is 1. The standard InChI is InChI=1S/C19H24N2O5/c1-3-25-15-7-5-6-14(12-15)19(16(13-20)17(22)26-4-2)8-10-21(11-9-19)18(23)24/h5-7,12,16H,3-4,8-11H2,1-2H3,(H,23,24). The van der Waals surface area contributed by atoms with E-state index in [1.807, 2.05) is 31.2 Å². The van der Waals surface area contributed by atoms with Crippen molar-refractivity contribution in [2.45, 2.75) is 32.1 Å². The monoisotopic (exact) mass is 360 g/mol. The molecule has 1 aliphatic heterocycles. The molecule has 0 radical (unpaired) electrons. The number of rotatable bonds is 6. The van der Waals surface area contributed by atoms with Crippen LogP contribution in [0.1, 0.15) is 32.3 Å². The zero-order valence-electron chi connectivity index (χ0n) is 15.1. The molecule has 7 nitrogen and oxygen atoms in total. The molecule has 26 heavy (non-hydrogen) atoms. The van der Waals surface area contributed by atoms with Crippen LogP contribution in [0.2, 0.25) is 0 Å². The zero-order chi connectivity index (χ0) is 19.2. The summed E-state index contributed by atoms with van der Waals surface area (Å²) in [5.41, 5.74) is -0.00633. The summed E-state index contributed by atoms with van der Waals surface area (Å²) in [5, 5.41) is 19.0. The van der Waals surface area contributed by atoms with Gasteiger partial charge in [-0.1, -0.05) is 12.1 Å². The van der Waals surface area contributed by atoms with Crippen molar-refractivity contribution in [1.29, 1.82) is 5.26 Å². The lowest BCUT2D eigenvalue weighted by Crippen LogP contribution is -2.50. The van der Waals surface area contributed by atoms with Crippen molar-refractivity contribution in [2.24, 2.45) is 5.92 Å². The van der Waals surface area contributed by atoms with Crippen molar-refractivity contribution in [2.75, 3.05) is 26.3 Å². The lowest BCUT2D eigenvalue weighted by molar-refractivity contribution is -0.149. The highest BCUT2D eigenvalue weighted by Gasteiger charge is 2.48. The maximum Gasteiger partial charge on any atom is 0.407 e.